The Labute approximate surface area is 264 Å². The molecule has 0 bridgehead atoms. The van der Waals surface area contributed by atoms with Crippen molar-refractivity contribution in [2.45, 2.75) is 24.7 Å². The molecule has 0 spiro atoms. The third-order valence-electron chi connectivity index (χ3n) is 6.41. The first kappa shape index (κ1) is 32.1. The molecule has 0 heterocycles. The van der Waals surface area contributed by atoms with E-state index in [4.69, 9.17) is 16.7 Å². The second-order valence-electron chi connectivity index (χ2n) is 10.0. The lowest BCUT2D eigenvalue weighted by atomic mass is 10.0. The van der Waals surface area contributed by atoms with E-state index >= 15 is 0 Å². The van der Waals surface area contributed by atoms with Crippen LogP contribution in [-0.4, -0.2) is 34.6 Å². The summed E-state index contributed by atoms with van der Waals surface area (Å²) in [6.45, 7) is 4.20. The second kappa shape index (κ2) is 15.0. The maximum atomic E-state index is 13.3. The Hall–Kier alpha value is -4.86. The van der Waals surface area contributed by atoms with Gasteiger partial charge in [-0.1, -0.05) is 67.9 Å². The molecule has 0 aliphatic rings. The summed E-state index contributed by atoms with van der Waals surface area (Å²) in [6, 6.07) is 27.4. The first-order valence-electron chi connectivity index (χ1n) is 13.6. The van der Waals surface area contributed by atoms with Crippen LogP contribution in [0.3, 0.4) is 0 Å². The van der Waals surface area contributed by atoms with Crippen molar-refractivity contribution < 1.29 is 24.3 Å². The van der Waals surface area contributed by atoms with Crippen LogP contribution in [0.2, 0.25) is 5.02 Å². The number of anilines is 2. The summed E-state index contributed by atoms with van der Waals surface area (Å²) in [4.78, 5) is 50.7. The molecule has 4 N–H and O–H groups in total. The van der Waals surface area contributed by atoms with Crippen LogP contribution < -0.4 is 16.0 Å². The van der Waals surface area contributed by atoms with Crippen molar-refractivity contribution in [1.82, 2.24) is 5.32 Å². The standard InChI is InChI=1S/C34H30ClN3O5S/c1-21(2)23-10-8-22(9-11-23)18-30(38-32(40)24-6-4-3-5-7-24)33(41)36-26-13-15-27(16-14-26)44-20-31(39)37-29-19-25(34(42)43)12-17-28(29)35/h3-19,21H,20H2,1-2H3,(H,36,41)(H,37,39)(H,38,40)(H,42,43)/b30-18-. The molecule has 0 atom stereocenters. The van der Waals surface area contributed by atoms with Gasteiger partial charge in [0.15, 0.2) is 0 Å². The van der Waals surface area contributed by atoms with Crippen LogP contribution in [0.25, 0.3) is 6.08 Å². The molecule has 4 rings (SSSR count). The van der Waals surface area contributed by atoms with Crippen molar-refractivity contribution >= 4 is 64.5 Å². The van der Waals surface area contributed by atoms with Crippen LogP contribution in [0, 0.1) is 0 Å². The van der Waals surface area contributed by atoms with Gasteiger partial charge in [-0.25, -0.2) is 4.79 Å². The smallest absolute Gasteiger partial charge is 0.335 e. The van der Waals surface area contributed by atoms with Gasteiger partial charge in [-0.3, -0.25) is 14.4 Å². The number of hydrogen-bond donors (Lipinski definition) is 4. The summed E-state index contributed by atoms with van der Waals surface area (Å²) in [5.74, 6) is -1.98. The summed E-state index contributed by atoms with van der Waals surface area (Å²) in [7, 11) is 0. The van der Waals surface area contributed by atoms with Crippen molar-refractivity contribution in [2.75, 3.05) is 16.4 Å². The summed E-state index contributed by atoms with van der Waals surface area (Å²) >= 11 is 7.35. The number of rotatable bonds is 11. The molecule has 44 heavy (non-hydrogen) atoms. The number of amides is 3. The molecule has 0 unspecified atom stereocenters. The van der Waals surface area contributed by atoms with Crippen molar-refractivity contribution in [1.29, 1.82) is 0 Å². The second-order valence-corrected chi connectivity index (χ2v) is 11.5. The number of carbonyl (C=O) groups is 4. The highest BCUT2D eigenvalue weighted by Crippen LogP contribution is 2.25. The predicted molar refractivity (Wildman–Crippen MR) is 175 cm³/mol. The Morgan fingerprint density at radius 1 is 0.841 bits per heavy atom. The Morgan fingerprint density at radius 3 is 2.16 bits per heavy atom. The third kappa shape index (κ3) is 9.07. The average Bonchev–Trinajstić information content (AvgIpc) is 3.02. The zero-order valence-corrected chi connectivity index (χ0v) is 25.5. The van der Waals surface area contributed by atoms with Crippen LogP contribution in [-0.2, 0) is 9.59 Å². The molecule has 3 amide bonds. The Morgan fingerprint density at radius 2 is 1.52 bits per heavy atom. The molecule has 0 aliphatic carbocycles. The first-order chi connectivity index (χ1) is 21.1. The SMILES string of the molecule is CC(C)c1ccc(/C=C(\NC(=O)c2ccccc2)C(=O)Nc2ccc(SCC(=O)Nc3cc(C(=O)O)ccc3Cl)cc2)cc1. The van der Waals surface area contributed by atoms with Gasteiger partial charge in [-0.2, -0.15) is 0 Å². The van der Waals surface area contributed by atoms with Gasteiger partial charge in [0.05, 0.1) is 22.0 Å². The first-order valence-corrected chi connectivity index (χ1v) is 15.0. The monoisotopic (exact) mass is 627 g/mol. The van der Waals surface area contributed by atoms with E-state index in [1.54, 1.807) is 60.7 Å². The fourth-order valence-corrected chi connectivity index (χ4v) is 4.87. The molecular weight excluding hydrogens is 598 g/mol. The number of carbonyl (C=O) groups excluding carboxylic acids is 3. The number of benzene rings is 4. The zero-order valence-electron chi connectivity index (χ0n) is 24.0. The topological polar surface area (TPSA) is 125 Å². The minimum atomic E-state index is -1.12. The van der Waals surface area contributed by atoms with Crippen LogP contribution in [0.1, 0.15) is 51.6 Å². The van der Waals surface area contributed by atoms with Gasteiger partial charge in [0, 0.05) is 16.1 Å². The number of aromatic carboxylic acids is 1. The fourth-order valence-electron chi connectivity index (χ4n) is 4.01. The van der Waals surface area contributed by atoms with Crippen molar-refractivity contribution in [3.63, 3.8) is 0 Å². The van der Waals surface area contributed by atoms with E-state index in [0.717, 1.165) is 16.0 Å². The highest BCUT2D eigenvalue weighted by atomic mass is 35.5. The van der Waals surface area contributed by atoms with Gasteiger partial charge in [0.25, 0.3) is 11.8 Å². The highest BCUT2D eigenvalue weighted by Gasteiger charge is 2.16. The minimum absolute atomic E-state index is 0.0108. The van der Waals surface area contributed by atoms with Gasteiger partial charge in [-0.05, 0) is 77.7 Å². The van der Waals surface area contributed by atoms with E-state index in [-0.39, 0.29) is 33.6 Å². The van der Waals surface area contributed by atoms with Gasteiger partial charge < -0.3 is 21.1 Å². The predicted octanol–water partition coefficient (Wildman–Crippen LogP) is 7.30. The zero-order chi connectivity index (χ0) is 31.6. The van der Waals surface area contributed by atoms with Crippen molar-refractivity contribution in [2.24, 2.45) is 0 Å². The summed E-state index contributed by atoms with van der Waals surface area (Å²) in [5.41, 5.74) is 3.14. The van der Waals surface area contributed by atoms with Crippen LogP contribution in [0.15, 0.2) is 108 Å². The van der Waals surface area contributed by atoms with Crippen LogP contribution >= 0.6 is 23.4 Å². The Kier molecular flexibility index (Phi) is 11.0. The molecule has 0 fully saturated rings. The van der Waals surface area contributed by atoms with Gasteiger partial charge in [-0.15, -0.1) is 11.8 Å². The molecule has 0 aromatic heterocycles. The van der Waals surface area contributed by atoms with Gasteiger partial charge in [0.2, 0.25) is 5.91 Å². The minimum Gasteiger partial charge on any atom is -0.478 e. The fraction of sp³-hybridized carbons (Fsp3) is 0.118. The van der Waals surface area contributed by atoms with E-state index in [2.05, 4.69) is 29.8 Å². The van der Waals surface area contributed by atoms with Gasteiger partial charge >= 0.3 is 5.97 Å². The van der Waals surface area contributed by atoms with E-state index < -0.39 is 17.8 Å². The van der Waals surface area contributed by atoms with Crippen LogP contribution in [0.4, 0.5) is 11.4 Å². The third-order valence-corrected chi connectivity index (χ3v) is 7.75. The summed E-state index contributed by atoms with van der Waals surface area (Å²) in [5, 5.41) is 17.6. The van der Waals surface area contributed by atoms with Crippen molar-refractivity contribution in [3.8, 4) is 0 Å². The molecule has 8 nitrogen and oxygen atoms in total. The van der Waals surface area contributed by atoms with E-state index in [0.29, 0.717) is 17.2 Å². The lowest BCUT2D eigenvalue weighted by molar-refractivity contribution is -0.114. The lowest BCUT2D eigenvalue weighted by Gasteiger charge is -2.12. The quantitative estimate of drug-likeness (QED) is 0.102. The number of nitrogens with one attached hydrogen (secondary N) is 3. The maximum absolute atomic E-state index is 13.3. The number of hydrogen-bond acceptors (Lipinski definition) is 5. The molecule has 4 aromatic rings. The molecule has 4 aromatic carbocycles. The number of carboxylic acid groups (broad SMARTS) is 1. The van der Waals surface area contributed by atoms with E-state index in [1.807, 2.05) is 24.3 Å². The average molecular weight is 628 g/mol. The Balaban J connectivity index is 1.41. The highest BCUT2D eigenvalue weighted by molar-refractivity contribution is 8.00. The van der Waals surface area contributed by atoms with Crippen LogP contribution in [0.5, 0.6) is 0 Å². The molecular formula is C34H30ClN3O5S. The molecule has 0 saturated heterocycles. The van der Waals surface area contributed by atoms with Crippen molar-refractivity contribution in [3.05, 3.63) is 130 Å². The number of halogens is 1. The molecule has 10 heteroatoms. The Bertz CT molecular complexity index is 1690. The summed E-state index contributed by atoms with van der Waals surface area (Å²) in [6.07, 6.45) is 1.63. The normalized spacial score (nSPS) is 11.1. The van der Waals surface area contributed by atoms with E-state index in [9.17, 15) is 19.2 Å². The molecule has 0 aliphatic heterocycles. The molecule has 0 saturated carbocycles. The molecule has 224 valence electrons. The van der Waals surface area contributed by atoms with Gasteiger partial charge in [0.1, 0.15) is 5.70 Å². The molecule has 0 radical (unpaired) electrons. The summed E-state index contributed by atoms with van der Waals surface area (Å²) < 4.78 is 0. The largest absolute Gasteiger partial charge is 0.478 e. The number of carboxylic acids is 1. The van der Waals surface area contributed by atoms with E-state index in [1.165, 1.54) is 30.0 Å². The number of thioether (sulfide) groups is 1. The lowest BCUT2D eigenvalue weighted by Crippen LogP contribution is -2.30. The maximum Gasteiger partial charge on any atom is 0.335 e.